The van der Waals surface area contributed by atoms with Crippen LogP contribution in [-0.2, 0) is 0 Å². The summed E-state index contributed by atoms with van der Waals surface area (Å²) in [5.74, 6) is 1.05. The summed E-state index contributed by atoms with van der Waals surface area (Å²) in [5.41, 5.74) is 0. The molecule has 0 amide bonds. The largest absolute Gasteiger partial charge is 0.300 e. The average molecular weight is 167 g/mol. The maximum Gasteiger partial charge on any atom is 0.0124 e. The van der Waals surface area contributed by atoms with E-state index in [1.807, 2.05) is 0 Å². The fraction of sp³-hybridized carbons (Fsp3) is 1.00. The van der Waals surface area contributed by atoms with Crippen molar-refractivity contribution in [1.82, 2.24) is 4.90 Å². The van der Waals surface area contributed by atoms with Gasteiger partial charge in [0.1, 0.15) is 0 Å². The van der Waals surface area contributed by atoms with Crippen LogP contribution < -0.4 is 0 Å². The molecule has 2 unspecified atom stereocenters. The van der Waals surface area contributed by atoms with Gasteiger partial charge in [0.05, 0.1) is 0 Å². The fourth-order valence-electron chi connectivity index (χ4n) is 3.06. The van der Waals surface area contributed by atoms with E-state index in [0.717, 1.165) is 12.0 Å². The van der Waals surface area contributed by atoms with Gasteiger partial charge in [0.15, 0.2) is 0 Å². The molecule has 70 valence electrons. The van der Waals surface area contributed by atoms with Gasteiger partial charge in [0.2, 0.25) is 0 Å². The Morgan fingerprint density at radius 1 is 1.17 bits per heavy atom. The molecule has 0 N–H and O–H groups in total. The molecule has 0 aromatic carbocycles. The van der Waals surface area contributed by atoms with Gasteiger partial charge in [-0.15, -0.1) is 0 Å². The smallest absolute Gasteiger partial charge is 0.0124 e. The van der Waals surface area contributed by atoms with Crippen LogP contribution in [0.3, 0.4) is 0 Å². The molecule has 2 saturated heterocycles. The van der Waals surface area contributed by atoms with Crippen molar-refractivity contribution in [3.8, 4) is 0 Å². The minimum Gasteiger partial charge on any atom is -0.300 e. The molecule has 0 bridgehead atoms. The second-order valence-electron chi connectivity index (χ2n) is 4.44. The summed E-state index contributed by atoms with van der Waals surface area (Å²) in [4.78, 5) is 2.74. The van der Waals surface area contributed by atoms with Crippen molar-refractivity contribution in [2.24, 2.45) is 5.92 Å². The van der Waals surface area contributed by atoms with Crippen LogP contribution in [0.25, 0.3) is 0 Å². The SMILES string of the molecule is CCCC1CCN2CCCCC12. The first kappa shape index (κ1) is 8.55. The highest BCUT2D eigenvalue weighted by Crippen LogP contribution is 2.34. The van der Waals surface area contributed by atoms with E-state index in [1.165, 1.54) is 51.6 Å². The molecular weight excluding hydrogens is 146 g/mol. The molecule has 2 atom stereocenters. The van der Waals surface area contributed by atoms with E-state index in [9.17, 15) is 0 Å². The normalized spacial score (nSPS) is 36.8. The van der Waals surface area contributed by atoms with Crippen LogP contribution in [0.4, 0.5) is 0 Å². The van der Waals surface area contributed by atoms with Gasteiger partial charge in [0, 0.05) is 6.04 Å². The Kier molecular flexibility index (Phi) is 2.69. The average Bonchev–Trinajstić information content (AvgIpc) is 2.50. The molecule has 2 rings (SSSR count). The molecule has 0 saturated carbocycles. The predicted molar refractivity (Wildman–Crippen MR) is 52.2 cm³/mol. The van der Waals surface area contributed by atoms with E-state index < -0.39 is 0 Å². The van der Waals surface area contributed by atoms with E-state index in [1.54, 1.807) is 0 Å². The summed E-state index contributed by atoms with van der Waals surface area (Å²) in [6.45, 7) is 5.12. The Balaban J connectivity index is 1.92. The first-order valence-corrected chi connectivity index (χ1v) is 5.66. The first-order chi connectivity index (χ1) is 5.92. The summed E-state index contributed by atoms with van der Waals surface area (Å²) in [5, 5.41) is 0. The molecule has 0 spiro atoms. The number of nitrogens with zero attached hydrogens (tertiary/aromatic N) is 1. The van der Waals surface area contributed by atoms with Crippen LogP contribution in [0, 0.1) is 5.92 Å². The highest BCUT2D eigenvalue weighted by molar-refractivity contribution is 4.89. The summed E-state index contributed by atoms with van der Waals surface area (Å²) >= 11 is 0. The minimum absolute atomic E-state index is 0.985. The summed E-state index contributed by atoms with van der Waals surface area (Å²) in [6.07, 6.45) is 8.77. The molecule has 0 aromatic rings. The van der Waals surface area contributed by atoms with Crippen LogP contribution in [0.1, 0.15) is 45.4 Å². The number of fused-ring (bicyclic) bond motifs is 1. The molecule has 2 aliphatic rings. The van der Waals surface area contributed by atoms with Gasteiger partial charge < -0.3 is 4.90 Å². The third kappa shape index (κ3) is 1.52. The van der Waals surface area contributed by atoms with E-state index in [-0.39, 0.29) is 0 Å². The zero-order chi connectivity index (χ0) is 8.39. The van der Waals surface area contributed by atoms with Crippen LogP contribution >= 0.6 is 0 Å². The minimum atomic E-state index is 0.985. The topological polar surface area (TPSA) is 3.24 Å². The maximum absolute atomic E-state index is 2.74. The second kappa shape index (κ2) is 3.78. The van der Waals surface area contributed by atoms with Gasteiger partial charge >= 0.3 is 0 Å². The zero-order valence-corrected chi connectivity index (χ0v) is 8.26. The molecular formula is C11H21N. The quantitative estimate of drug-likeness (QED) is 0.611. The van der Waals surface area contributed by atoms with Crippen molar-refractivity contribution in [1.29, 1.82) is 0 Å². The lowest BCUT2D eigenvalue weighted by atomic mass is 9.90. The van der Waals surface area contributed by atoms with Crippen molar-refractivity contribution >= 4 is 0 Å². The number of piperidine rings is 1. The fourth-order valence-corrected chi connectivity index (χ4v) is 3.06. The molecule has 0 radical (unpaired) electrons. The Morgan fingerprint density at radius 2 is 2.08 bits per heavy atom. The summed E-state index contributed by atoms with van der Waals surface area (Å²) in [7, 11) is 0. The van der Waals surface area contributed by atoms with Gasteiger partial charge in [-0.3, -0.25) is 0 Å². The Hall–Kier alpha value is -0.0400. The second-order valence-corrected chi connectivity index (χ2v) is 4.44. The molecule has 0 aromatic heterocycles. The summed E-state index contributed by atoms with van der Waals surface area (Å²) < 4.78 is 0. The lowest BCUT2D eigenvalue weighted by Gasteiger charge is -2.32. The predicted octanol–water partition coefficient (Wildman–Crippen LogP) is 2.66. The lowest BCUT2D eigenvalue weighted by molar-refractivity contribution is 0.168. The molecule has 2 heterocycles. The van der Waals surface area contributed by atoms with E-state index in [4.69, 9.17) is 0 Å². The highest BCUT2D eigenvalue weighted by Gasteiger charge is 2.34. The van der Waals surface area contributed by atoms with Gasteiger partial charge in [-0.25, -0.2) is 0 Å². The molecule has 12 heavy (non-hydrogen) atoms. The van der Waals surface area contributed by atoms with Gasteiger partial charge in [-0.2, -0.15) is 0 Å². The van der Waals surface area contributed by atoms with Crippen LogP contribution in [0.5, 0.6) is 0 Å². The highest BCUT2D eigenvalue weighted by atomic mass is 15.2. The van der Waals surface area contributed by atoms with Crippen LogP contribution in [-0.4, -0.2) is 24.0 Å². The molecule has 1 nitrogen and oxygen atoms in total. The van der Waals surface area contributed by atoms with Crippen molar-refractivity contribution in [3.05, 3.63) is 0 Å². The molecule has 1 heteroatoms. The molecule has 2 fully saturated rings. The standard InChI is InChI=1S/C11H21N/c1-2-5-10-7-9-12-8-4-3-6-11(10)12/h10-11H,2-9H2,1H3. The third-order valence-corrected chi connectivity index (χ3v) is 3.65. The van der Waals surface area contributed by atoms with Crippen molar-refractivity contribution in [3.63, 3.8) is 0 Å². The van der Waals surface area contributed by atoms with Crippen molar-refractivity contribution in [2.75, 3.05) is 13.1 Å². The molecule has 0 aliphatic carbocycles. The van der Waals surface area contributed by atoms with Crippen LogP contribution in [0.2, 0.25) is 0 Å². The molecule has 2 aliphatic heterocycles. The van der Waals surface area contributed by atoms with Gasteiger partial charge in [0.25, 0.3) is 0 Å². The number of hydrogen-bond acceptors (Lipinski definition) is 1. The summed E-state index contributed by atoms with van der Waals surface area (Å²) in [6, 6.07) is 0.985. The van der Waals surface area contributed by atoms with E-state index >= 15 is 0 Å². The zero-order valence-electron chi connectivity index (χ0n) is 8.26. The van der Waals surface area contributed by atoms with Crippen LogP contribution in [0.15, 0.2) is 0 Å². The van der Waals surface area contributed by atoms with E-state index in [2.05, 4.69) is 11.8 Å². The van der Waals surface area contributed by atoms with Crippen molar-refractivity contribution in [2.45, 2.75) is 51.5 Å². The monoisotopic (exact) mass is 167 g/mol. The first-order valence-electron chi connectivity index (χ1n) is 5.66. The Labute approximate surface area is 76.1 Å². The lowest BCUT2D eigenvalue weighted by Crippen LogP contribution is -2.36. The Bertz CT molecular complexity index is 144. The van der Waals surface area contributed by atoms with Crippen molar-refractivity contribution < 1.29 is 0 Å². The third-order valence-electron chi connectivity index (χ3n) is 3.65. The van der Waals surface area contributed by atoms with Gasteiger partial charge in [-0.05, 0) is 44.7 Å². The maximum atomic E-state index is 2.74. The Morgan fingerprint density at radius 3 is 2.92 bits per heavy atom. The number of rotatable bonds is 2. The number of hydrogen-bond donors (Lipinski definition) is 0. The van der Waals surface area contributed by atoms with E-state index in [0.29, 0.717) is 0 Å². The van der Waals surface area contributed by atoms with Gasteiger partial charge in [-0.1, -0.05) is 19.8 Å².